The van der Waals surface area contributed by atoms with Gasteiger partial charge in [0.05, 0.1) is 0 Å². The molecule has 2 rings (SSSR count). The Morgan fingerprint density at radius 2 is 2.31 bits per heavy atom. The van der Waals surface area contributed by atoms with Gasteiger partial charge in [0.1, 0.15) is 6.61 Å². The van der Waals surface area contributed by atoms with Crippen molar-refractivity contribution in [2.75, 3.05) is 6.61 Å². The van der Waals surface area contributed by atoms with E-state index in [1.165, 1.54) is 0 Å². The third-order valence-corrected chi connectivity index (χ3v) is 3.07. The molecule has 0 saturated heterocycles. The molecule has 0 radical (unpaired) electrons. The van der Waals surface area contributed by atoms with Gasteiger partial charge >= 0.3 is 5.97 Å². The van der Waals surface area contributed by atoms with Crippen molar-refractivity contribution in [2.45, 2.75) is 12.5 Å². The molecule has 1 aliphatic rings. The first-order chi connectivity index (χ1) is 7.66. The van der Waals surface area contributed by atoms with E-state index in [9.17, 15) is 4.79 Å². The molecule has 1 atom stereocenters. The first-order valence-electron chi connectivity index (χ1n) is 4.82. The molecule has 0 bridgehead atoms. The first-order valence-corrected chi connectivity index (χ1v) is 5.62. The summed E-state index contributed by atoms with van der Waals surface area (Å²) in [6.45, 7) is 0.134. The van der Waals surface area contributed by atoms with Crippen LogP contribution in [0, 0.1) is 0 Å². The van der Waals surface area contributed by atoms with Crippen LogP contribution in [0.4, 0.5) is 0 Å². The molecule has 0 aliphatic carbocycles. The van der Waals surface area contributed by atoms with Crippen LogP contribution < -0.4 is 0 Å². The predicted octanol–water partition coefficient (Wildman–Crippen LogP) is 1.87. The standard InChI is InChI=1S/C11H10BrNO3/c12-8-4-2-1-3-7(8)5-10-13-9(6-16-10)11(14)15/h1-4,9H,5-6H2,(H,14,15). The van der Waals surface area contributed by atoms with Gasteiger partial charge in [-0.3, -0.25) is 0 Å². The van der Waals surface area contributed by atoms with E-state index in [2.05, 4.69) is 20.9 Å². The highest BCUT2D eigenvalue weighted by molar-refractivity contribution is 9.10. The van der Waals surface area contributed by atoms with E-state index in [1.807, 2.05) is 24.3 Å². The Hall–Kier alpha value is -1.36. The fourth-order valence-electron chi connectivity index (χ4n) is 1.45. The minimum atomic E-state index is -0.942. The van der Waals surface area contributed by atoms with Crippen LogP contribution in [-0.4, -0.2) is 29.6 Å². The SMILES string of the molecule is O=C(O)C1COC(Cc2ccccc2Br)=N1. The van der Waals surface area contributed by atoms with E-state index in [-0.39, 0.29) is 6.61 Å². The van der Waals surface area contributed by atoms with Crippen LogP contribution in [-0.2, 0) is 16.0 Å². The van der Waals surface area contributed by atoms with Gasteiger partial charge in [0.25, 0.3) is 0 Å². The van der Waals surface area contributed by atoms with Crippen molar-refractivity contribution < 1.29 is 14.6 Å². The first kappa shape index (κ1) is 11.1. The van der Waals surface area contributed by atoms with Crippen molar-refractivity contribution in [3.63, 3.8) is 0 Å². The molecule has 5 heteroatoms. The van der Waals surface area contributed by atoms with Crippen LogP contribution in [0.1, 0.15) is 5.56 Å². The Kier molecular flexibility index (Phi) is 3.24. The molecule has 0 fully saturated rings. The second-order valence-electron chi connectivity index (χ2n) is 3.46. The topological polar surface area (TPSA) is 58.9 Å². The van der Waals surface area contributed by atoms with E-state index in [0.717, 1.165) is 10.0 Å². The van der Waals surface area contributed by atoms with Crippen molar-refractivity contribution >= 4 is 27.8 Å². The minimum absolute atomic E-state index is 0.134. The maximum absolute atomic E-state index is 10.7. The summed E-state index contributed by atoms with van der Waals surface area (Å²) in [5.74, 6) is -0.457. The minimum Gasteiger partial charge on any atom is -0.480 e. The van der Waals surface area contributed by atoms with Crippen LogP contribution in [0.5, 0.6) is 0 Å². The van der Waals surface area contributed by atoms with Crippen molar-refractivity contribution in [3.8, 4) is 0 Å². The van der Waals surface area contributed by atoms with Gasteiger partial charge in [0.15, 0.2) is 11.9 Å². The molecule has 84 valence electrons. The molecule has 0 spiro atoms. The quantitative estimate of drug-likeness (QED) is 0.921. The molecule has 16 heavy (non-hydrogen) atoms. The van der Waals surface area contributed by atoms with Gasteiger partial charge in [-0.15, -0.1) is 0 Å². The summed E-state index contributed by atoms with van der Waals surface area (Å²) < 4.78 is 6.21. The number of hydrogen-bond donors (Lipinski definition) is 1. The van der Waals surface area contributed by atoms with E-state index in [4.69, 9.17) is 9.84 Å². The third-order valence-electron chi connectivity index (χ3n) is 2.29. The molecule has 0 aromatic heterocycles. The second-order valence-corrected chi connectivity index (χ2v) is 4.31. The smallest absolute Gasteiger partial charge is 0.332 e. The Balaban J connectivity index is 2.09. The van der Waals surface area contributed by atoms with Crippen LogP contribution >= 0.6 is 15.9 Å². The predicted molar refractivity (Wildman–Crippen MR) is 62.7 cm³/mol. The van der Waals surface area contributed by atoms with Gasteiger partial charge in [-0.05, 0) is 11.6 Å². The lowest BCUT2D eigenvalue weighted by atomic mass is 10.1. The number of aliphatic imine (C=N–C) groups is 1. The zero-order chi connectivity index (χ0) is 11.5. The monoisotopic (exact) mass is 283 g/mol. The van der Waals surface area contributed by atoms with Gasteiger partial charge in [0, 0.05) is 10.9 Å². The average molecular weight is 284 g/mol. The molecule has 0 amide bonds. The number of ether oxygens (including phenoxy) is 1. The summed E-state index contributed by atoms with van der Waals surface area (Å²) in [6.07, 6.45) is 0.519. The fraction of sp³-hybridized carbons (Fsp3) is 0.273. The zero-order valence-corrected chi connectivity index (χ0v) is 9.98. The lowest BCUT2D eigenvalue weighted by Crippen LogP contribution is -2.18. The largest absolute Gasteiger partial charge is 0.480 e. The summed E-state index contributed by atoms with van der Waals surface area (Å²) >= 11 is 3.42. The van der Waals surface area contributed by atoms with Crippen molar-refractivity contribution in [3.05, 3.63) is 34.3 Å². The summed E-state index contributed by atoms with van der Waals surface area (Å²) in [5.41, 5.74) is 1.03. The number of hydrogen-bond acceptors (Lipinski definition) is 3. The zero-order valence-electron chi connectivity index (χ0n) is 8.39. The summed E-state index contributed by atoms with van der Waals surface area (Å²) in [4.78, 5) is 14.7. The maximum Gasteiger partial charge on any atom is 0.332 e. The van der Waals surface area contributed by atoms with Gasteiger partial charge in [-0.1, -0.05) is 34.1 Å². The van der Waals surface area contributed by atoms with E-state index in [1.54, 1.807) is 0 Å². The van der Waals surface area contributed by atoms with E-state index < -0.39 is 12.0 Å². The van der Waals surface area contributed by atoms with Gasteiger partial charge in [-0.25, -0.2) is 9.79 Å². The van der Waals surface area contributed by atoms with Gasteiger partial charge < -0.3 is 9.84 Å². The normalized spacial score (nSPS) is 19.1. The second kappa shape index (κ2) is 4.65. The average Bonchev–Trinajstić information content (AvgIpc) is 2.70. The number of carbonyl (C=O) groups is 1. The molecule has 1 aromatic carbocycles. The molecule has 1 unspecified atom stereocenters. The molecule has 1 aromatic rings. The Morgan fingerprint density at radius 1 is 1.56 bits per heavy atom. The third kappa shape index (κ3) is 2.41. The highest BCUT2D eigenvalue weighted by atomic mass is 79.9. The van der Waals surface area contributed by atoms with Crippen molar-refractivity contribution in [1.82, 2.24) is 0 Å². The van der Waals surface area contributed by atoms with Crippen molar-refractivity contribution in [2.24, 2.45) is 4.99 Å². The Bertz CT molecular complexity index is 445. The maximum atomic E-state index is 10.7. The van der Waals surface area contributed by atoms with Crippen LogP contribution in [0.15, 0.2) is 33.7 Å². The van der Waals surface area contributed by atoms with Gasteiger partial charge in [0.2, 0.25) is 0 Å². The molecule has 4 nitrogen and oxygen atoms in total. The highest BCUT2D eigenvalue weighted by Gasteiger charge is 2.25. The molecule has 1 aliphatic heterocycles. The van der Waals surface area contributed by atoms with Crippen molar-refractivity contribution in [1.29, 1.82) is 0 Å². The van der Waals surface area contributed by atoms with Crippen LogP contribution in [0.25, 0.3) is 0 Å². The molecular formula is C11H10BrNO3. The molecule has 1 N–H and O–H groups in total. The number of carboxylic acid groups (broad SMARTS) is 1. The van der Waals surface area contributed by atoms with Gasteiger partial charge in [-0.2, -0.15) is 0 Å². The molecular weight excluding hydrogens is 274 g/mol. The number of benzene rings is 1. The van der Waals surface area contributed by atoms with Crippen LogP contribution in [0.2, 0.25) is 0 Å². The summed E-state index contributed by atoms with van der Waals surface area (Å²) in [5, 5.41) is 8.76. The lowest BCUT2D eigenvalue weighted by Gasteiger charge is -2.03. The molecule has 1 heterocycles. The summed E-state index contributed by atoms with van der Waals surface area (Å²) in [6, 6.07) is 6.97. The Labute approximate surface area is 101 Å². The summed E-state index contributed by atoms with van der Waals surface area (Å²) in [7, 11) is 0. The highest BCUT2D eigenvalue weighted by Crippen LogP contribution is 2.18. The number of rotatable bonds is 3. The number of aliphatic carboxylic acids is 1. The Morgan fingerprint density at radius 3 is 2.94 bits per heavy atom. The van der Waals surface area contributed by atoms with Crippen LogP contribution in [0.3, 0.4) is 0 Å². The van der Waals surface area contributed by atoms with E-state index in [0.29, 0.717) is 12.3 Å². The fourth-order valence-corrected chi connectivity index (χ4v) is 1.88. The molecule has 0 saturated carbocycles. The lowest BCUT2D eigenvalue weighted by molar-refractivity contribution is -0.138. The van der Waals surface area contributed by atoms with E-state index >= 15 is 0 Å². The number of carboxylic acids is 1. The number of halogens is 1. The number of nitrogens with zero attached hydrogens (tertiary/aromatic N) is 1.